The van der Waals surface area contributed by atoms with Crippen LogP contribution in [0.3, 0.4) is 0 Å². The molecule has 1 amide bonds. The average molecular weight is 231 g/mol. The topological polar surface area (TPSA) is 40.5 Å². The molecule has 1 aliphatic rings. The normalized spacial score (nSPS) is 17.9. The predicted molar refractivity (Wildman–Crippen MR) is 66.2 cm³/mol. The highest BCUT2D eigenvalue weighted by atomic mass is 16.3. The number of carbonyl (C=O) groups excluding carboxylic acids is 1. The highest BCUT2D eigenvalue weighted by Gasteiger charge is 2.17. The van der Waals surface area contributed by atoms with E-state index in [0.717, 1.165) is 18.5 Å². The Balaban J connectivity index is 1.86. The molecule has 3 heteroatoms. The van der Waals surface area contributed by atoms with Crippen molar-refractivity contribution in [3.05, 3.63) is 48.2 Å². The van der Waals surface area contributed by atoms with Crippen LogP contribution in [0.25, 0.3) is 0 Å². The fourth-order valence-corrected chi connectivity index (χ4v) is 1.95. The van der Waals surface area contributed by atoms with E-state index in [0.29, 0.717) is 12.8 Å². The van der Waals surface area contributed by atoms with Gasteiger partial charge in [0.15, 0.2) is 0 Å². The summed E-state index contributed by atoms with van der Waals surface area (Å²) >= 11 is 0. The second kappa shape index (κ2) is 5.64. The van der Waals surface area contributed by atoms with Crippen LogP contribution in [-0.2, 0) is 11.2 Å². The first kappa shape index (κ1) is 11.9. The molecule has 1 atom stereocenters. The molecule has 0 bridgehead atoms. The van der Waals surface area contributed by atoms with E-state index in [4.69, 9.17) is 0 Å². The molecule has 0 aromatic heterocycles. The summed E-state index contributed by atoms with van der Waals surface area (Å²) in [6.45, 7) is 0.771. The summed E-state index contributed by atoms with van der Waals surface area (Å²) in [4.78, 5) is 13.0. The smallest absolute Gasteiger partial charge is 0.226 e. The summed E-state index contributed by atoms with van der Waals surface area (Å²) in [7, 11) is 0. The zero-order chi connectivity index (χ0) is 12.1. The molecule has 17 heavy (non-hydrogen) atoms. The van der Waals surface area contributed by atoms with Crippen LogP contribution in [0.4, 0.5) is 0 Å². The Morgan fingerprint density at radius 1 is 1.35 bits per heavy atom. The molecule has 1 aromatic carbocycles. The SMILES string of the molecule is O=C1CCCN1C=CC(O)Cc1ccccc1. The number of amides is 1. The highest BCUT2D eigenvalue weighted by molar-refractivity contribution is 5.79. The van der Waals surface area contributed by atoms with E-state index in [1.165, 1.54) is 0 Å². The second-order valence-electron chi connectivity index (χ2n) is 4.29. The molecule has 1 aromatic rings. The van der Waals surface area contributed by atoms with Gasteiger partial charge in [-0.1, -0.05) is 30.3 Å². The van der Waals surface area contributed by atoms with Gasteiger partial charge in [0.1, 0.15) is 0 Å². The van der Waals surface area contributed by atoms with E-state index in [-0.39, 0.29) is 5.91 Å². The average Bonchev–Trinajstić information content (AvgIpc) is 2.74. The van der Waals surface area contributed by atoms with Crippen LogP contribution >= 0.6 is 0 Å². The maximum atomic E-state index is 11.3. The van der Waals surface area contributed by atoms with Gasteiger partial charge in [0, 0.05) is 25.6 Å². The summed E-state index contributed by atoms with van der Waals surface area (Å²) in [5.41, 5.74) is 1.09. The molecule has 1 saturated heterocycles. The number of nitrogens with zero attached hydrogens (tertiary/aromatic N) is 1. The largest absolute Gasteiger partial charge is 0.389 e. The van der Waals surface area contributed by atoms with E-state index >= 15 is 0 Å². The van der Waals surface area contributed by atoms with Crippen LogP contribution in [0.2, 0.25) is 0 Å². The summed E-state index contributed by atoms with van der Waals surface area (Å²) in [6, 6.07) is 9.83. The van der Waals surface area contributed by atoms with E-state index in [9.17, 15) is 9.90 Å². The lowest BCUT2D eigenvalue weighted by Crippen LogP contribution is -2.18. The number of aliphatic hydroxyl groups is 1. The molecular formula is C14H17NO2. The summed E-state index contributed by atoms with van der Waals surface area (Å²) < 4.78 is 0. The number of hydrogen-bond donors (Lipinski definition) is 1. The van der Waals surface area contributed by atoms with Crippen molar-refractivity contribution in [1.82, 2.24) is 4.90 Å². The minimum atomic E-state index is -0.536. The predicted octanol–water partition coefficient (Wildman–Crippen LogP) is 1.73. The summed E-state index contributed by atoms with van der Waals surface area (Å²) in [6.07, 6.45) is 4.99. The molecule has 1 aliphatic heterocycles. The molecule has 90 valence electrons. The van der Waals surface area contributed by atoms with Gasteiger partial charge in [0.2, 0.25) is 5.91 Å². The van der Waals surface area contributed by atoms with E-state index < -0.39 is 6.10 Å². The Morgan fingerprint density at radius 3 is 2.76 bits per heavy atom. The molecule has 1 N–H and O–H groups in total. The molecule has 0 radical (unpaired) electrons. The monoisotopic (exact) mass is 231 g/mol. The van der Waals surface area contributed by atoms with Gasteiger partial charge in [-0.05, 0) is 18.1 Å². The van der Waals surface area contributed by atoms with Crippen LogP contribution in [0, 0.1) is 0 Å². The van der Waals surface area contributed by atoms with Crippen molar-refractivity contribution >= 4 is 5.91 Å². The molecule has 0 saturated carbocycles. The van der Waals surface area contributed by atoms with Crippen LogP contribution in [0.5, 0.6) is 0 Å². The first-order valence-corrected chi connectivity index (χ1v) is 5.95. The van der Waals surface area contributed by atoms with Crippen molar-refractivity contribution in [2.45, 2.75) is 25.4 Å². The molecule has 0 spiro atoms. The molecular weight excluding hydrogens is 214 g/mol. The van der Waals surface area contributed by atoms with Crippen molar-refractivity contribution in [2.75, 3.05) is 6.54 Å². The van der Waals surface area contributed by atoms with Crippen molar-refractivity contribution in [3.63, 3.8) is 0 Å². The van der Waals surface area contributed by atoms with Gasteiger partial charge in [0.05, 0.1) is 6.10 Å². The highest BCUT2D eigenvalue weighted by Crippen LogP contribution is 2.11. The third-order valence-corrected chi connectivity index (χ3v) is 2.89. The van der Waals surface area contributed by atoms with Crippen molar-refractivity contribution in [2.24, 2.45) is 0 Å². The lowest BCUT2D eigenvalue weighted by atomic mass is 10.1. The maximum Gasteiger partial charge on any atom is 0.226 e. The third-order valence-electron chi connectivity index (χ3n) is 2.89. The third kappa shape index (κ3) is 3.43. The Hall–Kier alpha value is -1.61. The lowest BCUT2D eigenvalue weighted by molar-refractivity contribution is -0.125. The van der Waals surface area contributed by atoms with Crippen molar-refractivity contribution in [1.29, 1.82) is 0 Å². The van der Waals surface area contributed by atoms with Gasteiger partial charge in [-0.25, -0.2) is 0 Å². The number of rotatable bonds is 4. The fourth-order valence-electron chi connectivity index (χ4n) is 1.95. The van der Waals surface area contributed by atoms with E-state index in [2.05, 4.69) is 0 Å². The van der Waals surface area contributed by atoms with Gasteiger partial charge in [-0.3, -0.25) is 4.79 Å². The second-order valence-corrected chi connectivity index (χ2v) is 4.29. The van der Waals surface area contributed by atoms with Gasteiger partial charge in [-0.2, -0.15) is 0 Å². The first-order chi connectivity index (χ1) is 8.25. The Morgan fingerprint density at radius 2 is 2.12 bits per heavy atom. The van der Waals surface area contributed by atoms with Gasteiger partial charge in [0.25, 0.3) is 0 Å². The molecule has 0 aliphatic carbocycles. The molecule has 1 heterocycles. The number of likely N-dealkylation sites (tertiary alicyclic amines) is 1. The number of benzene rings is 1. The fraction of sp³-hybridized carbons (Fsp3) is 0.357. The van der Waals surface area contributed by atoms with Crippen LogP contribution < -0.4 is 0 Å². The first-order valence-electron chi connectivity index (χ1n) is 5.95. The van der Waals surface area contributed by atoms with E-state index in [1.807, 2.05) is 30.3 Å². The molecule has 2 rings (SSSR count). The number of aliphatic hydroxyl groups excluding tert-OH is 1. The Bertz CT molecular complexity index is 400. The van der Waals surface area contributed by atoms with E-state index in [1.54, 1.807) is 17.2 Å². The minimum absolute atomic E-state index is 0.146. The van der Waals surface area contributed by atoms with Gasteiger partial charge < -0.3 is 10.0 Å². The van der Waals surface area contributed by atoms with Crippen molar-refractivity contribution < 1.29 is 9.90 Å². The lowest BCUT2D eigenvalue weighted by Gasteiger charge is -2.10. The van der Waals surface area contributed by atoms with Gasteiger partial charge >= 0.3 is 0 Å². The zero-order valence-corrected chi connectivity index (χ0v) is 9.75. The van der Waals surface area contributed by atoms with Crippen LogP contribution in [0.1, 0.15) is 18.4 Å². The van der Waals surface area contributed by atoms with Gasteiger partial charge in [-0.15, -0.1) is 0 Å². The quantitative estimate of drug-likeness (QED) is 0.857. The molecule has 1 fully saturated rings. The van der Waals surface area contributed by atoms with Crippen LogP contribution in [0.15, 0.2) is 42.6 Å². The molecule has 1 unspecified atom stereocenters. The maximum absolute atomic E-state index is 11.3. The van der Waals surface area contributed by atoms with Crippen LogP contribution in [-0.4, -0.2) is 28.6 Å². The minimum Gasteiger partial charge on any atom is -0.389 e. The Labute approximate surface area is 101 Å². The number of carbonyl (C=O) groups is 1. The Kier molecular flexibility index (Phi) is 3.94. The standard InChI is InChI=1S/C14H17NO2/c16-13(11-12-5-2-1-3-6-12)8-10-15-9-4-7-14(15)17/h1-3,5-6,8,10,13,16H,4,7,9,11H2. The zero-order valence-electron chi connectivity index (χ0n) is 9.75. The van der Waals surface area contributed by atoms with Crippen molar-refractivity contribution in [3.8, 4) is 0 Å². The molecule has 3 nitrogen and oxygen atoms in total. The summed E-state index contributed by atoms with van der Waals surface area (Å²) in [5.74, 6) is 0.146. The summed E-state index contributed by atoms with van der Waals surface area (Å²) in [5, 5.41) is 9.82. The number of hydrogen-bond acceptors (Lipinski definition) is 2.